The third kappa shape index (κ3) is 2.07. The number of nitrogen functional groups attached to an aromatic ring is 1. The third-order valence-corrected chi connectivity index (χ3v) is 1.90. The van der Waals surface area contributed by atoms with Gasteiger partial charge in [0.05, 0.1) is 4.92 Å². The van der Waals surface area contributed by atoms with E-state index < -0.39 is 4.92 Å². The van der Waals surface area contributed by atoms with Crippen LogP contribution in [-0.4, -0.2) is 30.5 Å². The Morgan fingerprint density at radius 3 is 2.94 bits per heavy atom. The molecule has 0 bridgehead atoms. The molecule has 0 amide bonds. The first kappa shape index (κ1) is 10.7. The van der Waals surface area contributed by atoms with E-state index in [4.69, 9.17) is 11.1 Å². The average Bonchev–Trinajstić information content (AvgIpc) is 2.78. The van der Waals surface area contributed by atoms with E-state index in [1.807, 2.05) is 0 Å². The Hall–Kier alpha value is -2.84. The summed E-state index contributed by atoms with van der Waals surface area (Å²) in [6.45, 7) is 0. The summed E-state index contributed by atoms with van der Waals surface area (Å²) in [7, 11) is 0. The molecule has 0 aliphatic rings. The summed E-state index contributed by atoms with van der Waals surface area (Å²) in [5.41, 5.74) is 5.33. The minimum atomic E-state index is -0.571. The van der Waals surface area contributed by atoms with Gasteiger partial charge in [0.15, 0.2) is 0 Å². The third-order valence-electron chi connectivity index (χ3n) is 1.90. The van der Waals surface area contributed by atoms with Crippen LogP contribution in [0.15, 0.2) is 24.7 Å². The zero-order chi connectivity index (χ0) is 12.4. The van der Waals surface area contributed by atoms with Gasteiger partial charge in [-0.25, -0.2) is 9.97 Å². The molecule has 0 saturated carbocycles. The first-order chi connectivity index (χ1) is 8.08. The van der Waals surface area contributed by atoms with Gasteiger partial charge >= 0.3 is 5.69 Å². The first-order valence-electron chi connectivity index (χ1n) is 4.45. The Labute approximate surface area is 94.6 Å². The molecule has 2 heterocycles. The molecule has 9 nitrogen and oxygen atoms in total. The predicted octanol–water partition coefficient (Wildman–Crippen LogP) is -0.145. The largest absolute Gasteiger partial charge is 0.382 e. The Morgan fingerprint density at radius 1 is 1.59 bits per heavy atom. The highest BCUT2D eigenvalue weighted by Crippen LogP contribution is 2.10. The van der Waals surface area contributed by atoms with E-state index in [-0.39, 0.29) is 23.2 Å². The van der Waals surface area contributed by atoms with Crippen molar-refractivity contribution in [3.05, 3.63) is 40.5 Å². The Kier molecular flexibility index (Phi) is 2.49. The van der Waals surface area contributed by atoms with E-state index in [0.717, 1.165) is 10.9 Å². The van der Waals surface area contributed by atoms with Crippen LogP contribution in [-0.2, 0) is 0 Å². The molecule has 2 rings (SSSR count). The smallest absolute Gasteiger partial charge is 0.307 e. The number of hydrogen-bond acceptors (Lipinski definition) is 6. The molecule has 0 atom stereocenters. The van der Waals surface area contributed by atoms with Gasteiger partial charge in [0, 0.05) is 6.20 Å². The molecule has 0 spiro atoms. The highest BCUT2D eigenvalue weighted by molar-refractivity contribution is 5.92. The molecule has 0 radical (unpaired) electrons. The van der Waals surface area contributed by atoms with E-state index in [1.54, 1.807) is 0 Å². The molecule has 0 aliphatic carbocycles. The van der Waals surface area contributed by atoms with Gasteiger partial charge in [-0.1, -0.05) is 0 Å². The highest BCUT2D eigenvalue weighted by Gasteiger charge is 2.11. The van der Waals surface area contributed by atoms with Crippen molar-refractivity contribution in [2.45, 2.75) is 0 Å². The molecule has 0 fully saturated rings. The minimum absolute atomic E-state index is 0.116. The fraction of sp³-hybridized carbons (Fsp3) is 0. The van der Waals surface area contributed by atoms with Crippen molar-refractivity contribution in [1.82, 2.24) is 19.7 Å². The topological polar surface area (TPSA) is 137 Å². The zero-order valence-electron chi connectivity index (χ0n) is 8.44. The Morgan fingerprint density at radius 2 is 2.35 bits per heavy atom. The highest BCUT2D eigenvalue weighted by atomic mass is 16.6. The Balaban J connectivity index is 2.42. The van der Waals surface area contributed by atoms with Gasteiger partial charge in [-0.2, -0.15) is 9.78 Å². The monoisotopic (exact) mass is 233 g/mol. The molecule has 0 aliphatic heterocycles. The van der Waals surface area contributed by atoms with Gasteiger partial charge in [0.25, 0.3) is 5.95 Å². The van der Waals surface area contributed by atoms with Crippen molar-refractivity contribution in [3.63, 3.8) is 0 Å². The number of aromatic nitrogens is 4. The lowest BCUT2D eigenvalue weighted by atomic mass is 10.4. The van der Waals surface area contributed by atoms with Crippen LogP contribution in [0.1, 0.15) is 5.69 Å². The maximum Gasteiger partial charge on any atom is 0.307 e. The van der Waals surface area contributed by atoms with Crippen LogP contribution >= 0.6 is 0 Å². The van der Waals surface area contributed by atoms with Gasteiger partial charge in [-0.05, 0) is 6.07 Å². The number of amidine groups is 1. The van der Waals surface area contributed by atoms with Crippen LogP contribution in [0, 0.1) is 15.5 Å². The second kappa shape index (κ2) is 3.96. The van der Waals surface area contributed by atoms with Crippen LogP contribution in [0.4, 0.5) is 5.69 Å². The summed E-state index contributed by atoms with van der Waals surface area (Å²) in [6.07, 6.45) is 3.66. The van der Waals surface area contributed by atoms with E-state index in [2.05, 4.69) is 15.1 Å². The molecule has 9 heteroatoms. The van der Waals surface area contributed by atoms with Crippen molar-refractivity contribution >= 4 is 11.5 Å². The van der Waals surface area contributed by atoms with Crippen LogP contribution in [0.25, 0.3) is 5.95 Å². The zero-order valence-corrected chi connectivity index (χ0v) is 8.44. The molecule has 17 heavy (non-hydrogen) atoms. The van der Waals surface area contributed by atoms with Crippen LogP contribution in [0.3, 0.4) is 0 Å². The summed E-state index contributed by atoms with van der Waals surface area (Å²) in [5.74, 6) is -0.0962. The molecule has 2 aromatic rings. The number of nitrogens with two attached hydrogens (primary N) is 1. The minimum Gasteiger partial charge on any atom is -0.382 e. The molecular formula is C8H7N7O2. The molecule has 3 N–H and O–H groups in total. The number of rotatable bonds is 3. The molecule has 2 aromatic heterocycles. The predicted molar refractivity (Wildman–Crippen MR) is 56.8 cm³/mol. The average molecular weight is 233 g/mol. The van der Waals surface area contributed by atoms with Gasteiger partial charge in [-0.15, -0.1) is 0 Å². The molecule has 0 saturated heterocycles. The summed E-state index contributed by atoms with van der Waals surface area (Å²) in [5, 5.41) is 21.4. The molecule has 86 valence electrons. The maximum atomic E-state index is 10.5. The quantitative estimate of drug-likeness (QED) is 0.327. The lowest BCUT2D eigenvalue weighted by molar-refractivity contribution is -0.384. The SMILES string of the molecule is N=C(N)c1ccnc(-n2cc([N+](=O)[O-])cn2)n1. The van der Waals surface area contributed by atoms with Crippen molar-refractivity contribution in [2.24, 2.45) is 5.73 Å². The van der Waals surface area contributed by atoms with E-state index in [0.29, 0.717) is 0 Å². The standard InChI is InChI=1S/C8H7N7O2/c9-7(10)6-1-2-11-8(13-6)14-4-5(3-12-14)15(16)17/h1-4H,(H3,9,10). The van der Waals surface area contributed by atoms with Crippen LogP contribution < -0.4 is 5.73 Å². The lowest BCUT2D eigenvalue weighted by Gasteiger charge is -2.00. The van der Waals surface area contributed by atoms with Crippen molar-refractivity contribution in [2.75, 3.05) is 0 Å². The van der Waals surface area contributed by atoms with Gasteiger partial charge in [0.2, 0.25) is 0 Å². The molecular weight excluding hydrogens is 226 g/mol. The second-order valence-corrected chi connectivity index (χ2v) is 3.06. The number of nitro groups is 1. The van der Waals surface area contributed by atoms with Crippen LogP contribution in [0.2, 0.25) is 0 Å². The van der Waals surface area contributed by atoms with E-state index in [1.165, 1.54) is 18.5 Å². The fourth-order valence-electron chi connectivity index (χ4n) is 1.13. The number of hydrogen-bond donors (Lipinski definition) is 2. The van der Waals surface area contributed by atoms with Crippen molar-refractivity contribution in [1.29, 1.82) is 5.41 Å². The Bertz CT molecular complexity index is 591. The normalized spacial score (nSPS) is 10.1. The number of nitrogens with zero attached hydrogens (tertiary/aromatic N) is 5. The van der Waals surface area contributed by atoms with Crippen molar-refractivity contribution in [3.8, 4) is 5.95 Å². The summed E-state index contributed by atoms with van der Waals surface area (Å²) >= 11 is 0. The van der Waals surface area contributed by atoms with Crippen LogP contribution in [0.5, 0.6) is 0 Å². The second-order valence-electron chi connectivity index (χ2n) is 3.06. The summed E-state index contributed by atoms with van der Waals surface area (Å²) in [6, 6.07) is 1.46. The number of nitrogens with one attached hydrogen (secondary N) is 1. The van der Waals surface area contributed by atoms with Crippen molar-refractivity contribution < 1.29 is 4.92 Å². The summed E-state index contributed by atoms with van der Waals surface area (Å²) < 4.78 is 1.14. The molecule has 0 unspecified atom stereocenters. The van der Waals surface area contributed by atoms with E-state index in [9.17, 15) is 10.1 Å². The van der Waals surface area contributed by atoms with Gasteiger partial charge in [-0.3, -0.25) is 15.5 Å². The van der Waals surface area contributed by atoms with Gasteiger partial charge < -0.3 is 5.73 Å². The lowest BCUT2D eigenvalue weighted by Crippen LogP contribution is -2.15. The first-order valence-corrected chi connectivity index (χ1v) is 4.45. The van der Waals surface area contributed by atoms with Gasteiger partial charge in [0.1, 0.15) is 23.9 Å². The van der Waals surface area contributed by atoms with E-state index >= 15 is 0 Å². The molecule has 0 aromatic carbocycles. The fourth-order valence-corrected chi connectivity index (χ4v) is 1.13. The maximum absolute atomic E-state index is 10.5. The summed E-state index contributed by atoms with van der Waals surface area (Å²) in [4.78, 5) is 17.7.